The summed E-state index contributed by atoms with van der Waals surface area (Å²) in [5.41, 5.74) is 12.8. The number of benzene rings is 6. The smallest absolute Gasteiger partial charge is 0.137 e. The summed E-state index contributed by atoms with van der Waals surface area (Å²) in [4.78, 5) is 9.81. The lowest BCUT2D eigenvalue weighted by Crippen LogP contribution is -2.31. The molecule has 5 nitrogen and oxygen atoms in total. The molecule has 0 aliphatic carbocycles. The van der Waals surface area contributed by atoms with Gasteiger partial charge in [0.05, 0.1) is 17.7 Å². The Balaban J connectivity index is 1.13. The van der Waals surface area contributed by atoms with Crippen LogP contribution in [0.3, 0.4) is 0 Å². The number of fused-ring (bicyclic) bond motifs is 3. The van der Waals surface area contributed by atoms with E-state index in [4.69, 9.17) is 9.72 Å². The second-order valence-electron chi connectivity index (χ2n) is 21.2. The largest absolute Gasteiger partial charge is 0.457 e. The van der Waals surface area contributed by atoms with Crippen LogP contribution in [0.1, 0.15) is 98.4 Å². The van der Waals surface area contributed by atoms with Crippen LogP contribution in [-0.4, -0.2) is 16.2 Å². The van der Waals surface area contributed by atoms with Gasteiger partial charge < -0.3 is 14.5 Å². The highest BCUT2D eigenvalue weighted by Gasteiger charge is 2.33. The van der Waals surface area contributed by atoms with E-state index < -0.39 is 0 Å². The molecule has 0 spiro atoms. The number of ether oxygens (including phenoxy) is 1. The summed E-state index contributed by atoms with van der Waals surface area (Å²) in [6.07, 6.45) is 4.27. The molecule has 6 aromatic carbocycles. The number of aromatic nitrogens is 2. The first-order chi connectivity index (χ1) is 30.3. The summed E-state index contributed by atoms with van der Waals surface area (Å²) in [5.74, 6) is 2.44. The van der Waals surface area contributed by atoms with Gasteiger partial charge in [0, 0.05) is 63.2 Å². The van der Waals surface area contributed by atoms with Gasteiger partial charge in [-0.3, -0.25) is 4.57 Å². The fourth-order valence-electron chi connectivity index (χ4n) is 9.07. The number of nitrogens with zero attached hydrogens (tertiary/aromatic N) is 4. The summed E-state index contributed by atoms with van der Waals surface area (Å²) in [6, 6.07) is 54.9. The Kier molecular flexibility index (Phi) is 10.6. The number of hydrogen-bond acceptors (Lipinski definition) is 4. The molecule has 1 aliphatic rings. The van der Waals surface area contributed by atoms with Crippen LogP contribution < -0.4 is 14.5 Å². The molecule has 0 fully saturated rings. The number of anilines is 2. The average Bonchev–Trinajstić information content (AvgIpc) is 3.87. The van der Waals surface area contributed by atoms with Gasteiger partial charge in [0.15, 0.2) is 0 Å². The summed E-state index contributed by atoms with van der Waals surface area (Å²) in [5, 5.41) is 2.38. The Morgan fingerprint density at radius 3 is 1.86 bits per heavy atom. The molecule has 0 saturated heterocycles. The minimum absolute atomic E-state index is 0.00999. The normalized spacial score (nSPS) is 13.8. The standard InChI is InChI=1S/C59H62N4O/c1-56(2,3)43-25-28-52-51(34-43)50-27-26-48(37-53(50)63(52)55-35-44(29-30-60-55)57(4,5)6)64-49-32-41(40-19-14-12-15-20-40)31-47(36-49)61-38-54(58(7,8)9)62(39-61)46-24-18-23-45(33-46)59(10,11)42-21-16-13-17-22-42/h12-38H,39H2,1-11H3. The van der Waals surface area contributed by atoms with Crippen LogP contribution in [0.4, 0.5) is 11.4 Å². The van der Waals surface area contributed by atoms with Crippen molar-refractivity contribution in [3.05, 3.63) is 192 Å². The lowest BCUT2D eigenvalue weighted by Gasteiger charge is -2.32. The van der Waals surface area contributed by atoms with E-state index in [-0.39, 0.29) is 21.7 Å². The van der Waals surface area contributed by atoms with E-state index in [0.29, 0.717) is 6.67 Å². The summed E-state index contributed by atoms with van der Waals surface area (Å²) in [7, 11) is 0. The first kappa shape index (κ1) is 42.7. The number of allylic oxidation sites excluding steroid dienone is 1. The first-order valence-corrected chi connectivity index (χ1v) is 22.7. The van der Waals surface area contributed by atoms with Crippen molar-refractivity contribution in [2.45, 2.75) is 92.4 Å². The average molecular weight is 843 g/mol. The monoisotopic (exact) mass is 842 g/mol. The lowest BCUT2D eigenvalue weighted by molar-refractivity contribution is 0.483. The molecule has 0 bridgehead atoms. The molecule has 2 aromatic heterocycles. The fourth-order valence-corrected chi connectivity index (χ4v) is 9.07. The van der Waals surface area contributed by atoms with Gasteiger partial charge in [-0.25, -0.2) is 4.98 Å². The van der Waals surface area contributed by atoms with Crippen molar-refractivity contribution in [2.24, 2.45) is 5.41 Å². The molecule has 64 heavy (non-hydrogen) atoms. The first-order valence-electron chi connectivity index (χ1n) is 22.7. The van der Waals surface area contributed by atoms with E-state index in [1.165, 1.54) is 44.4 Å². The van der Waals surface area contributed by atoms with Gasteiger partial charge >= 0.3 is 0 Å². The molecule has 0 radical (unpaired) electrons. The Morgan fingerprint density at radius 2 is 1.16 bits per heavy atom. The Hall–Kier alpha value is -6.59. The second kappa shape index (κ2) is 15.9. The van der Waals surface area contributed by atoms with Gasteiger partial charge in [0.2, 0.25) is 0 Å². The number of hydrogen-bond donors (Lipinski definition) is 0. The van der Waals surface area contributed by atoms with Crippen molar-refractivity contribution in [2.75, 3.05) is 16.5 Å². The fraction of sp³-hybridized carbons (Fsp3) is 0.271. The number of rotatable bonds is 8. The minimum Gasteiger partial charge on any atom is -0.457 e. The Labute approximate surface area is 380 Å². The van der Waals surface area contributed by atoms with E-state index in [1.54, 1.807) is 0 Å². The predicted octanol–water partition coefficient (Wildman–Crippen LogP) is 15.7. The molecule has 3 heterocycles. The van der Waals surface area contributed by atoms with E-state index in [1.807, 2.05) is 6.20 Å². The molecule has 0 saturated carbocycles. The van der Waals surface area contributed by atoms with E-state index in [2.05, 4.69) is 248 Å². The van der Waals surface area contributed by atoms with Gasteiger partial charge in [0.25, 0.3) is 0 Å². The molecular formula is C59H62N4O. The van der Waals surface area contributed by atoms with Gasteiger partial charge in [-0.15, -0.1) is 0 Å². The molecule has 0 N–H and O–H groups in total. The van der Waals surface area contributed by atoms with Crippen molar-refractivity contribution >= 4 is 33.2 Å². The van der Waals surface area contributed by atoms with Crippen LogP contribution >= 0.6 is 0 Å². The third kappa shape index (κ3) is 8.20. The maximum atomic E-state index is 7.00. The highest BCUT2D eigenvalue weighted by molar-refractivity contribution is 6.09. The van der Waals surface area contributed by atoms with Crippen molar-refractivity contribution in [3.63, 3.8) is 0 Å². The summed E-state index contributed by atoms with van der Waals surface area (Å²) in [6.45, 7) is 25.8. The van der Waals surface area contributed by atoms with Crippen LogP contribution in [0.2, 0.25) is 0 Å². The molecule has 8 aromatic rings. The van der Waals surface area contributed by atoms with Gasteiger partial charge in [-0.1, -0.05) is 155 Å². The maximum Gasteiger partial charge on any atom is 0.137 e. The summed E-state index contributed by atoms with van der Waals surface area (Å²) < 4.78 is 9.30. The van der Waals surface area contributed by atoms with E-state index in [9.17, 15) is 0 Å². The maximum absolute atomic E-state index is 7.00. The molecule has 1 aliphatic heterocycles. The minimum atomic E-state index is -0.154. The molecular weight excluding hydrogens is 781 g/mol. The third-order valence-electron chi connectivity index (χ3n) is 13.0. The third-order valence-corrected chi connectivity index (χ3v) is 13.0. The van der Waals surface area contributed by atoms with Crippen molar-refractivity contribution < 1.29 is 4.74 Å². The van der Waals surface area contributed by atoms with E-state index in [0.717, 1.165) is 45.2 Å². The molecule has 0 unspecified atom stereocenters. The lowest BCUT2D eigenvalue weighted by atomic mass is 9.78. The Bertz CT molecular complexity index is 3030. The quantitative estimate of drug-likeness (QED) is 0.153. The van der Waals surface area contributed by atoms with Gasteiger partial charge in [0.1, 0.15) is 17.3 Å². The highest BCUT2D eigenvalue weighted by Crippen LogP contribution is 2.43. The van der Waals surface area contributed by atoms with Crippen LogP contribution in [-0.2, 0) is 16.2 Å². The highest BCUT2D eigenvalue weighted by atomic mass is 16.5. The van der Waals surface area contributed by atoms with Crippen LogP contribution in [0.5, 0.6) is 11.5 Å². The van der Waals surface area contributed by atoms with Gasteiger partial charge in [-0.2, -0.15) is 0 Å². The molecule has 0 atom stereocenters. The van der Waals surface area contributed by atoms with Crippen LogP contribution in [0.15, 0.2) is 170 Å². The van der Waals surface area contributed by atoms with Crippen LogP contribution in [0.25, 0.3) is 38.8 Å². The van der Waals surface area contributed by atoms with Gasteiger partial charge in [-0.05, 0) is 105 Å². The molecule has 324 valence electrons. The van der Waals surface area contributed by atoms with Crippen molar-refractivity contribution in [3.8, 4) is 28.4 Å². The topological polar surface area (TPSA) is 33.5 Å². The zero-order chi connectivity index (χ0) is 45.2. The SMILES string of the molecule is CC(C)(C)C1=CN(c2cc(Oc3ccc4c5cc(C(C)(C)C)ccc5n(-c5cc(C(C)(C)C)ccn5)c4c3)cc(-c3ccccc3)c2)CN1c1cccc(C(C)(C)c2ccccc2)c1. The summed E-state index contributed by atoms with van der Waals surface area (Å²) >= 11 is 0. The molecule has 0 amide bonds. The van der Waals surface area contributed by atoms with E-state index >= 15 is 0 Å². The predicted molar refractivity (Wildman–Crippen MR) is 270 cm³/mol. The van der Waals surface area contributed by atoms with Crippen molar-refractivity contribution in [1.29, 1.82) is 0 Å². The Morgan fingerprint density at radius 1 is 0.469 bits per heavy atom. The zero-order valence-corrected chi connectivity index (χ0v) is 39.5. The van der Waals surface area contributed by atoms with Crippen molar-refractivity contribution in [1.82, 2.24) is 9.55 Å². The van der Waals surface area contributed by atoms with Crippen LogP contribution in [0, 0.1) is 5.41 Å². The molecule has 5 heteroatoms. The second-order valence-corrected chi connectivity index (χ2v) is 21.2. The number of pyridine rings is 1. The zero-order valence-electron chi connectivity index (χ0n) is 39.5. The molecule has 9 rings (SSSR count).